The van der Waals surface area contributed by atoms with Crippen molar-refractivity contribution in [2.45, 2.75) is 38.7 Å². The number of nitrogens with zero attached hydrogens (tertiary/aromatic N) is 4. The molecule has 2 N–H and O–H groups in total. The Hall–Kier alpha value is -3.27. The van der Waals surface area contributed by atoms with Crippen LogP contribution < -0.4 is 15.3 Å². The number of carbonyl (C=O) groups is 1. The lowest BCUT2D eigenvalue weighted by molar-refractivity contribution is -0.0217. The van der Waals surface area contributed by atoms with Gasteiger partial charge in [0.25, 0.3) is 0 Å². The minimum Gasteiger partial charge on any atom is -0.478 e. The van der Waals surface area contributed by atoms with E-state index in [-0.39, 0.29) is 11.8 Å². The van der Waals surface area contributed by atoms with E-state index in [1.54, 1.807) is 4.90 Å². The number of piperidine rings is 1. The molecule has 1 fully saturated rings. The number of benzene rings is 1. The molecule has 1 aromatic carbocycles. The van der Waals surface area contributed by atoms with E-state index in [0.717, 1.165) is 61.7 Å². The highest BCUT2D eigenvalue weighted by molar-refractivity contribution is 5.88. The molecule has 1 aromatic heterocycles. The van der Waals surface area contributed by atoms with E-state index in [1.807, 2.05) is 18.5 Å². The number of aryl methyl sites for hydroxylation is 1. The third-order valence-corrected chi connectivity index (χ3v) is 6.00. The molecular weight excluding hydrogens is 432 g/mol. The Bertz CT molecular complexity index is 1020. The van der Waals surface area contributed by atoms with Crippen molar-refractivity contribution in [1.29, 1.82) is 0 Å². The van der Waals surface area contributed by atoms with E-state index in [2.05, 4.69) is 27.3 Å². The van der Waals surface area contributed by atoms with E-state index >= 15 is 0 Å². The highest BCUT2D eigenvalue weighted by Gasteiger charge is 2.24. The summed E-state index contributed by atoms with van der Waals surface area (Å²) >= 11 is 0. The average molecular weight is 459 g/mol. The fourth-order valence-electron chi connectivity index (χ4n) is 3.95. The van der Waals surface area contributed by atoms with E-state index in [0.29, 0.717) is 19.5 Å². The maximum atomic E-state index is 14.3. The van der Waals surface area contributed by atoms with Crippen LogP contribution in [0, 0.1) is 11.6 Å². The number of nitrogens with one attached hydrogen (secondary N) is 1. The second-order valence-electron chi connectivity index (χ2n) is 8.17. The Morgan fingerprint density at radius 2 is 1.88 bits per heavy atom. The fraction of sp³-hybridized carbons (Fsp3) is 0.435. The Morgan fingerprint density at radius 1 is 1.15 bits per heavy atom. The molecule has 0 bridgehead atoms. The Labute approximate surface area is 190 Å². The molecule has 0 spiro atoms. The summed E-state index contributed by atoms with van der Waals surface area (Å²) in [6.45, 7) is 4.50. The molecule has 0 unspecified atom stereocenters. The standard InChI is InChI=1S/C23H27F2N5O3/c1-2-15-13-26-23(27-14-15)30-9-5-17(6-10-30)33-28-16-3-7-29(8-4-16)21-12-19(24)18(22(31)32)11-20(21)25/h3,11-14,17,28H,2,4-10H2,1H3,(H,31,32). The number of rotatable bonds is 7. The molecule has 10 heteroatoms. The van der Waals surface area contributed by atoms with Gasteiger partial charge in [-0.2, -0.15) is 0 Å². The van der Waals surface area contributed by atoms with Gasteiger partial charge in [0.2, 0.25) is 5.95 Å². The zero-order valence-corrected chi connectivity index (χ0v) is 18.4. The summed E-state index contributed by atoms with van der Waals surface area (Å²) < 4.78 is 28.3. The first kappa shape index (κ1) is 22.9. The summed E-state index contributed by atoms with van der Waals surface area (Å²) in [5.41, 5.74) is 4.40. The molecule has 0 saturated carbocycles. The van der Waals surface area contributed by atoms with Crippen molar-refractivity contribution in [2.24, 2.45) is 0 Å². The minimum atomic E-state index is -1.49. The third kappa shape index (κ3) is 5.39. The average Bonchev–Trinajstić information content (AvgIpc) is 2.84. The molecular formula is C23H27F2N5O3. The zero-order chi connectivity index (χ0) is 23.4. The van der Waals surface area contributed by atoms with E-state index in [4.69, 9.17) is 9.94 Å². The molecule has 4 rings (SSSR count). The predicted molar refractivity (Wildman–Crippen MR) is 119 cm³/mol. The number of hydrogen-bond acceptors (Lipinski definition) is 7. The van der Waals surface area contributed by atoms with Crippen LogP contribution in [-0.4, -0.2) is 53.3 Å². The molecule has 0 atom stereocenters. The topological polar surface area (TPSA) is 90.8 Å². The normalized spacial score (nSPS) is 17.1. The van der Waals surface area contributed by atoms with Gasteiger partial charge < -0.3 is 14.9 Å². The second-order valence-corrected chi connectivity index (χ2v) is 8.17. The predicted octanol–water partition coefficient (Wildman–Crippen LogP) is 3.30. The van der Waals surface area contributed by atoms with Gasteiger partial charge in [0, 0.05) is 56.8 Å². The first-order valence-corrected chi connectivity index (χ1v) is 11.1. The monoisotopic (exact) mass is 459 g/mol. The molecule has 2 aliphatic rings. The number of aromatic nitrogens is 2. The molecule has 1 saturated heterocycles. The fourth-order valence-corrected chi connectivity index (χ4v) is 3.95. The van der Waals surface area contributed by atoms with Crippen LogP contribution in [0.15, 0.2) is 36.3 Å². The van der Waals surface area contributed by atoms with Crippen molar-refractivity contribution in [3.8, 4) is 0 Å². The van der Waals surface area contributed by atoms with Crippen molar-refractivity contribution >= 4 is 17.6 Å². The van der Waals surface area contributed by atoms with Crippen molar-refractivity contribution in [3.05, 3.63) is 59.1 Å². The van der Waals surface area contributed by atoms with Crippen molar-refractivity contribution in [1.82, 2.24) is 15.4 Å². The first-order valence-electron chi connectivity index (χ1n) is 11.1. The molecule has 176 valence electrons. The summed E-state index contributed by atoms with van der Waals surface area (Å²) in [7, 11) is 0. The maximum Gasteiger partial charge on any atom is 0.338 e. The Morgan fingerprint density at radius 3 is 2.48 bits per heavy atom. The number of anilines is 2. The van der Waals surface area contributed by atoms with Gasteiger partial charge in [0.1, 0.15) is 11.6 Å². The number of aromatic carboxylic acids is 1. The number of carboxylic acids is 1. The highest BCUT2D eigenvalue weighted by atomic mass is 19.1. The SMILES string of the molecule is CCc1cnc(N2CCC(ONC3=CCN(c4cc(F)c(C(=O)O)cc4F)CC3)CC2)nc1. The van der Waals surface area contributed by atoms with E-state index in [1.165, 1.54) is 0 Å². The van der Waals surface area contributed by atoms with Crippen molar-refractivity contribution in [3.63, 3.8) is 0 Å². The number of halogens is 2. The molecule has 0 amide bonds. The van der Waals surface area contributed by atoms with E-state index < -0.39 is 23.2 Å². The lowest BCUT2D eigenvalue weighted by Crippen LogP contribution is -2.40. The maximum absolute atomic E-state index is 14.3. The smallest absolute Gasteiger partial charge is 0.338 e. The van der Waals surface area contributed by atoms with Crippen LogP contribution in [-0.2, 0) is 11.3 Å². The van der Waals surface area contributed by atoms with Crippen LogP contribution in [0.5, 0.6) is 0 Å². The Kier molecular flexibility index (Phi) is 7.02. The van der Waals surface area contributed by atoms with E-state index in [9.17, 15) is 13.6 Å². The number of carboxylic acid groups (broad SMARTS) is 1. The van der Waals surface area contributed by atoms with Gasteiger partial charge >= 0.3 is 5.97 Å². The Balaban J connectivity index is 1.25. The molecule has 0 aliphatic carbocycles. The quantitative estimate of drug-likeness (QED) is 0.610. The summed E-state index contributed by atoms with van der Waals surface area (Å²) in [6.07, 6.45) is 8.82. The molecule has 0 radical (unpaired) electrons. The lowest BCUT2D eigenvalue weighted by atomic mass is 10.1. The van der Waals surface area contributed by atoms with Crippen LogP contribution in [0.2, 0.25) is 0 Å². The van der Waals surface area contributed by atoms with Gasteiger partial charge in [-0.1, -0.05) is 6.92 Å². The van der Waals surface area contributed by atoms with Gasteiger partial charge in [-0.05, 0) is 37.0 Å². The zero-order valence-electron chi connectivity index (χ0n) is 18.4. The van der Waals surface area contributed by atoms with Gasteiger partial charge in [-0.15, -0.1) is 0 Å². The van der Waals surface area contributed by atoms with Gasteiger partial charge in [0.15, 0.2) is 0 Å². The van der Waals surface area contributed by atoms with Crippen molar-refractivity contribution in [2.75, 3.05) is 36.0 Å². The largest absolute Gasteiger partial charge is 0.478 e. The van der Waals surface area contributed by atoms with Gasteiger partial charge in [0.05, 0.1) is 17.4 Å². The highest BCUT2D eigenvalue weighted by Crippen LogP contribution is 2.26. The molecule has 33 heavy (non-hydrogen) atoms. The molecule has 2 aromatic rings. The lowest BCUT2D eigenvalue weighted by Gasteiger charge is -2.33. The summed E-state index contributed by atoms with van der Waals surface area (Å²) in [6, 6.07) is 1.66. The van der Waals surface area contributed by atoms with Gasteiger partial charge in [-0.3, -0.25) is 10.3 Å². The minimum absolute atomic E-state index is 0.0512. The van der Waals surface area contributed by atoms with Crippen LogP contribution in [0.25, 0.3) is 0 Å². The number of hydroxylamine groups is 1. The van der Waals surface area contributed by atoms with Crippen LogP contribution in [0.3, 0.4) is 0 Å². The summed E-state index contributed by atoms with van der Waals surface area (Å²) in [4.78, 5) is 29.5. The number of hydrogen-bond donors (Lipinski definition) is 2. The van der Waals surface area contributed by atoms with Gasteiger partial charge in [-0.25, -0.2) is 23.5 Å². The third-order valence-electron chi connectivity index (χ3n) is 6.00. The second kappa shape index (κ2) is 10.1. The molecule has 3 heterocycles. The van der Waals surface area contributed by atoms with Crippen LogP contribution in [0.4, 0.5) is 20.4 Å². The molecule has 8 nitrogen and oxygen atoms in total. The van der Waals surface area contributed by atoms with Crippen molar-refractivity contribution < 1.29 is 23.5 Å². The van der Waals surface area contributed by atoms with Crippen LogP contribution in [0.1, 0.15) is 42.1 Å². The van der Waals surface area contributed by atoms with Crippen LogP contribution >= 0.6 is 0 Å². The summed E-state index contributed by atoms with van der Waals surface area (Å²) in [5, 5.41) is 8.92. The first-order chi connectivity index (χ1) is 15.9. The molecule has 2 aliphatic heterocycles. The summed E-state index contributed by atoms with van der Waals surface area (Å²) in [5.74, 6) is -2.45.